The monoisotopic (exact) mass is 796 g/mol. The summed E-state index contributed by atoms with van der Waals surface area (Å²) in [6, 6.07) is 49.4. The Bertz CT molecular complexity index is 3110. The third-order valence-corrected chi connectivity index (χ3v) is 12.0. The van der Waals surface area contributed by atoms with Gasteiger partial charge >= 0.3 is 0 Å². The first kappa shape index (κ1) is 39.6. The molecule has 0 atom stereocenters. The molecule has 0 aliphatic heterocycles. The van der Waals surface area contributed by atoms with Gasteiger partial charge in [-0.25, -0.2) is 4.98 Å². The SMILES string of the molecule is Cc1cc(C)c(-c2cc(-c3nncc4ccccc34)cc(-c3cccc4c3nc(-c3cc(C(C)(C)C)cc(C(C)(C)C)c3O)n4-c3ccccc3-c3ccccc3)c2)c(C)c1. The van der Waals surface area contributed by atoms with E-state index >= 15 is 0 Å². The van der Waals surface area contributed by atoms with Gasteiger partial charge < -0.3 is 5.11 Å². The van der Waals surface area contributed by atoms with Gasteiger partial charge in [-0.3, -0.25) is 4.57 Å². The largest absolute Gasteiger partial charge is 0.507 e. The molecule has 0 radical (unpaired) electrons. The van der Waals surface area contributed by atoms with E-state index in [0.717, 1.165) is 77.7 Å². The normalized spacial score (nSPS) is 12.1. The summed E-state index contributed by atoms with van der Waals surface area (Å²) in [6.07, 6.45) is 1.83. The molecule has 0 amide bonds. The van der Waals surface area contributed by atoms with Crippen molar-refractivity contribution in [2.24, 2.45) is 0 Å². The van der Waals surface area contributed by atoms with E-state index < -0.39 is 0 Å². The molecule has 0 saturated carbocycles. The van der Waals surface area contributed by atoms with Crippen molar-refractivity contribution in [3.05, 3.63) is 174 Å². The molecule has 2 heterocycles. The first-order chi connectivity index (χ1) is 29.2. The van der Waals surface area contributed by atoms with Gasteiger partial charge in [-0.2, -0.15) is 5.10 Å². The molecule has 0 spiro atoms. The predicted molar refractivity (Wildman–Crippen MR) is 255 cm³/mol. The van der Waals surface area contributed by atoms with Crippen molar-refractivity contribution in [2.45, 2.75) is 73.1 Å². The lowest BCUT2D eigenvalue weighted by Crippen LogP contribution is -2.17. The summed E-state index contributed by atoms with van der Waals surface area (Å²) in [5.74, 6) is 0.932. The highest BCUT2D eigenvalue weighted by molar-refractivity contribution is 6.00. The summed E-state index contributed by atoms with van der Waals surface area (Å²) in [5, 5.41) is 23.8. The highest BCUT2D eigenvalue weighted by Gasteiger charge is 2.29. The fourth-order valence-electron chi connectivity index (χ4n) is 9.04. The van der Waals surface area contributed by atoms with Crippen LogP contribution in [0.4, 0.5) is 0 Å². The van der Waals surface area contributed by atoms with Crippen LogP contribution in [-0.2, 0) is 10.8 Å². The van der Waals surface area contributed by atoms with Gasteiger partial charge in [-0.1, -0.05) is 150 Å². The van der Waals surface area contributed by atoms with Crippen molar-refractivity contribution >= 4 is 21.8 Å². The zero-order valence-corrected chi connectivity index (χ0v) is 36.6. The number of fused-ring (bicyclic) bond motifs is 2. The molecular weight excluding hydrogens is 745 g/mol. The Morgan fingerprint density at radius 3 is 1.95 bits per heavy atom. The van der Waals surface area contributed by atoms with Crippen LogP contribution >= 0.6 is 0 Å². The van der Waals surface area contributed by atoms with Gasteiger partial charge in [0.15, 0.2) is 0 Å². The number of para-hydroxylation sites is 2. The molecule has 0 aliphatic carbocycles. The van der Waals surface area contributed by atoms with Gasteiger partial charge in [0, 0.05) is 33.0 Å². The standard InChI is InChI=1S/C56H52N4O/c1-34-26-35(2)50(36(3)27-34)40-28-39(29-41(30-40)51-44-22-14-13-20-38(44)33-57-59-51)45-23-17-25-49-52(45)58-54(46-31-42(55(4,5)6)32-47(53(46)61)56(7,8)9)60(49)48-24-16-15-21-43(48)37-18-11-10-12-19-37/h10-33,61H,1-9H3. The topological polar surface area (TPSA) is 63.8 Å². The Labute approximate surface area is 359 Å². The first-order valence-corrected chi connectivity index (χ1v) is 21.2. The van der Waals surface area contributed by atoms with Gasteiger partial charge in [0.2, 0.25) is 0 Å². The van der Waals surface area contributed by atoms with Gasteiger partial charge in [0.05, 0.1) is 28.5 Å². The van der Waals surface area contributed by atoms with Gasteiger partial charge in [-0.15, -0.1) is 5.10 Å². The van der Waals surface area contributed by atoms with Gasteiger partial charge in [0.25, 0.3) is 0 Å². The fraction of sp³-hybridized carbons (Fsp3) is 0.196. The van der Waals surface area contributed by atoms with Crippen LogP contribution in [0.1, 0.15) is 69.4 Å². The van der Waals surface area contributed by atoms with Gasteiger partial charge in [0.1, 0.15) is 17.3 Å². The molecule has 61 heavy (non-hydrogen) atoms. The number of imidazole rings is 1. The lowest BCUT2D eigenvalue weighted by Gasteiger charge is -2.27. The van der Waals surface area contributed by atoms with Crippen LogP contribution < -0.4 is 0 Å². The van der Waals surface area contributed by atoms with Crippen LogP contribution in [-0.4, -0.2) is 24.9 Å². The summed E-state index contributed by atoms with van der Waals surface area (Å²) in [7, 11) is 0. The molecule has 0 fully saturated rings. The molecule has 5 heteroatoms. The van der Waals surface area contributed by atoms with Gasteiger partial charge in [-0.05, 0) is 107 Å². The van der Waals surface area contributed by atoms with Crippen LogP contribution in [0, 0.1) is 20.8 Å². The molecule has 2 aromatic heterocycles. The van der Waals surface area contributed by atoms with E-state index in [9.17, 15) is 5.11 Å². The van der Waals surface area contributed by atoms with Crippen molar-refractivity contribution in [2.75, 3.05) is 0 Å². The number of benzene rings is 7. The van der Waals surface area contributed by atoms with E-state index in [4.69, 9.17) is 10.1 Å². The number of hydrogen-bond acceptors (Lipinski definition) is 4. The van der Waals surface area contributed by atoms with Crippen LogP contribution in [0.3, 0.4) is 0 Å². The minimum absolute atomic E-state index is 0.181. The summed E-state index contributed by atoms with van der Waals surface area (Å²) in [4.78, 5) is 5.65. The van der Waals surface area contributed by atoms with E-state index in [1.807, 2.05) is 18.3 Å². The van der Waals surface area contributed by atoms with E-state index in [1.54, 1.807) is 0 Å². The predicted octanol–water partition coefficient (Wildman–Crippen LogP) is 14.5. The quantitative estimate of drug-likeness (QED) is 0.182. The highest BCUT2D eigenvalue weighted by Crippen LogP contribution is 2.46. The average molecular weight is 797 g/mol. The number of nitrogens with zero attached hydrogens (tertiary/aromatic N) is 4. The second-order valence-corrected chi connectivity index (χ2v) is 18.6. The number of hydrogen-bond donors (Lipinski definition) is 1. The summed E-state index contributed by atoms with van der Waals surface area (Å²) in [6.45, 7) is 19.7. The third-order valence-electron chi connectivity index (χ3n) is 12.0. The molecule has 7 aromatic carbocycles. The third kappa shape index (κ3) is 7.18. The summed E-state index contributed by atoms with van der Waals surface area (Å²) >= 11 is 0. The highest BCUT2D eigenvalue weighted by atomic mass is 16.3. The maximum atomic E-state index is 12.5. The Balaban J connectivity index is 1.40. The Morgan fingerprint density at radius 2 is 1.21 bits per heavy atom. The van der Waals surface area contributed by atoms with Crippen LogP contribution in [0.2, 0.25) is 0 Å². The average Bonchev–Trinajstić information content (AvgIpc) is 3.62. The van der Waals surface area contributed by atoms with E-state index in [-0.39, 0.29) is 16.6 Å². The van der Waals surface area contributed by atoms with Crippen LogP contribution in [0.25, 0.3) is 83.5 Å². The summed E-state index contributed by atoms with van der Waals surface area (Å²) in [5.41, 5.74) is 16.9. The molecule has 0 unspecified atom stereocenters. The minimum atomic E-state index is -0.322. The Kier molecular flexibility index (Phi) is 9.74. The minimum Gasteiger partial charge on any atom is -0.507 e. The Morgan fingerprint density at radius 1 is 0.557 bits per heavy atom. The first-order valence-electron chi connectivity index (χ1n) is 21.2. The molecule has 9 rings (SSSR count). The van der Waals surface area contributed by atoms with E-state index in [1.165, 1.54) is 22.3 Å². The summed E-state index contributed by atoms with van der Waals surface area (Å²) < 4.78 is 2.25. The molecule has 0 bridgehead atoms. The number of phenolic OH excluding ortho intramolecular Hbond substituents is 1. The maximum absolute atomic E-state index is 12.5. The second-order valence-electron chi connectivity index (χ2n) is 18.6. The fourth-order valence-corrected chi connectivity index (χ4v) is 9.04. The van der Waals surface area contributed by atoms with Crippen LogP contribution in [0.15, 0.2) is 146 Å². The van der Waals surface area contributed by atoms with Crippen molar-refractivity contribution in [3.8, 4) is 67.5 Å². The molecule has 9 aromatic rings. The molecule has 0 saturated heterocycles. The number of rotatable bonds is 6. The zero-order valence-electron chi connectivity index (χ0n) is 36.6. The molecule has 1 N–H and O–H groups in total. The van der Waals surface area contributed by atoms with Crippen molar-refractivity contribution in [1.82, 2.24) is 19.7 Å². The number of aryl methyl sites for hydroxylation is 3. The number of aromatic hydroxyl groups is 1. The molecule has 302 valence electrons. The molecule has 0 aliphatic rings. The van der Waals surface area contributed by atoms with E-state index in [0.29, 0.717) is 11.4 Å². The smallest absolute Gasteiger partial charge is 0.149 e. The molecular formula is C56H52N4O. The maximum Gasteiger partial charge on any atom is 0.149 e. The van der Waals surface area contributed by atoms with Crippen molar-refractivity contribution < 1.29 is 5.11 Å². The van der Waals surface area contributed by atoms with Crippen molar-refractivity contribution in [3.63, 3.8) is 0 Å². The number of aromatic nitrogens is 4. The van der Waals surface area contributed by atoms with Crippen LogP contribution in [0.5, 0.6) is 5.75 Å². The lowest BCUT2D eigenvalue weighted by molar-refractivity contribution is 0.446. The number of phenols is 1. The Hall–Kier alpha value is -6.85. The second kappa shape index (κ2) is 15.0. The van der Waals surface area contributed by atoms with E-state index in [2.05, 4.69) is 199 Å². The van der Waals surface area contributed by atoms with Crippen molar-refractivity contribution in [1.29, 1.82) is 0 Å². The lowest BCUT2D eigenvalue weighted by atomic mass is 9.79. The zero-order chi connectivity index (χ0) is 42.8. The molecule has 5 nitrogen and oxygen atoms in total.